The van der Waals surface area contributed by atoms with E-state index in [0.717, 1.165) is 22.9 Å². The van der Waals surface area contributed by atoms with Gasteiger partial charge in [0.1, 0.15) is 16.9 Å². The molecule has 2 atom stereocenters. The number of aryl methyl sites for hydroxylation is 1. The molecule has 5 aromatic rings. The zero-order chi connectivity index (χ0) is 27.1. The third-order valence-corrected chi connectivity index (χ3v) is 7.74. The van der Waals surface area contributed by atoms with Crippen LogP contribution in [0.4, 0.5) is 0 Å². The fraction of sp³-hybridized carbons (Fsp3) is 0.212. The highest BCUT2D eigenvalue weighted by molar-refractivity contribution is 5.84. The molecule has 0 fully saturated rings. The number of aliphatic hydroxyl groups is 1. The maximum Gasteiger partial charge on any atom is 0.227 e. The molecule has 1 aliphatic rings. The zero-order valence-electron chi connectivity index (χ0n) is 22.0. The fourth-order valence-electron chi connectivity index (χ4n) is 5.62. The van der Waals surface area contributed by atoms with Crippen molar-refractivity contribution in [2.45, 2.75) is 38.3 Å². The van der Waals surface area contributed by atoms with E-state index in [1.807, 2.05) is 41.3 Å². The summed E-state index contributed by atoms with van der Waals surface area (Å²) in [5.41, 5.74) is 5.48. The predicted molar refractivity (Wildman–Crippen MR) is 149 cm³/mol. The summed E-state index contributed by atoms with van der Waals surface area (Å²) in [4.78, 5) is 15.8. The van der Waals surface area contributed by atoms with Crippen LogP contribution in [-0.2, 0) is 23.2 Å². The monoisotopic (exact) mass is 518 g/mol. The van der Waals surface area contributed by atoms with E-state index in [9.17, 15) is 15.1 Å². The van der Waals surface area contributed by atoms with Gasteiger partial charge in [-0.05, 0) is 60.7 Å². The number of amides is 1. The Hall–Kier alpha value is -4.42. The van der Waals surface area contributed by atoms with Gasteiger partial charge in [-0.25, -0.2) is 0 Å². The van der Waals surface area contributed by atoms with Crippen molar-refractivity contribution in [1.82, 2.24) is 4.90 Å². The first-order valence-corrected chi connectivity index (χ1v) is 13.2. The summed E-state index contributed by atoms with van der Waals surface area (Å²) >= 11 is 0. The number of hydrogen-bond donors (Lipinski definition) is 1. The molecule has 0 saturated carbocycles. The number of furan rings is 1. The number of carbonyl (C=O) groups excluding carboxylic acids is 1. The van der Waals surface area contributed by atoms with Crippen molar-refractivity contribution in [1.29, 1.82) is 0 Å². The Morgan fingerprint density at radius 2 is 1.82 bits per heavy atom. The summed E-state index contributed by atoms with van der Waals surface area (Å²) in [5, 5.41) is 23.4. The maximum atomic E-state index is 13.8. The molecule has 1 aliphatic heterocycles. The largest absolute Gasteiger partial charge is 0.619 e. The van der Waals surface area contributed by atoms with Crippen molar-refractivity contribution in [2.75, 3.05) is 6.54 Å². The van der Waals surface area contributed by atoms with E-state index >= 15 is 0 Å². The van der Waals surface area contributed by atoms with Gasteiger partial charge >= 0.3 is 0 Å². The smallest absolute Gasteiger partial charge is 0.227 e. The lowest BCUT2D eigenvalue weighted by Crippen LogP contribution is -2.41. The number of carbonyl (C=O) groups is 1. The molecule has 0 aliphatic carbocycles. The van der Waals surface area contributed by atoms with E-state index in [4.69, 9.17) is 4.42 Å². The van der Waals surface area contributed by atoms with Gasteiger partial charge in [0.15, 0.2) is 12.4 Å². The van der Waals surface area contributed by atoms with Gasteiger partial charge < -0.3 is 19.6 Å². The van der Waals surface area contributed by atoms with Gasteiger partial charge in [0.2, 0.25) is 5.91 Å². The normalized spacial score (nSPS) is 16.6. The van der Waals surface area contributed by atoms with Gasteiger partial charge in [-0.3, -0.25) is 4.79 Å². The maximum absolute atomic E-state index is 13.8. The van der Waals surface area contributed by atoms with Crippen molar-refractivity contribution < 1.29 is 19.0 Å². The van der Waals surface area contributed by atoms with Gasteiger partial charge in [-0.15, -0.1) is 0 Å². The second kappa shape index (κ2) is 9.71. The lowest BCUT2D eigenvalue weighted by molar-refractivity contribution is -0.605. The lowest BCUT2D eigenvalue weighted by atomic mass is 9.87. The Kier molecular flexibility index (Phi) is 6.20. The topological polar surface area (TPSA) is 80.6 Å². The van der Waals surface area contributed by atoms with Crippen LogP contribution in [-0.4, -0.2) is 22.5 Å². The van der Waals surface area contributed by atoms with Gasteiger partial charge in [-0.1, -0.05) is 60.2 Å². The standard InChI is InChI=1S/C33H30N2O4/c1-22-8-10-28-25(18-22)12-17-35(32(28)24-6-4-3-5-7-24)31(36)20-23-9-11-29-26(19-23)21-30(39-29)33(2,37)27-13-15-34(38)16-14-27/h3-11,13-16,18-19,21,32,37H,12,17,20H2,1-2H3. The summed E-state index contributed by atoms with van der Waals surface area (Å²) in [6.45, 7) is 4.41. The van der Waals surface area contributed by atoms with Crippen LogP contribution < -0.4 is 4.73 Å². The second-order valence-corrected chi connectivity index (χ2v) is 10.5. The van der Waals surface area contributed by atoms with Gasteiger partial charge in [-0.2, -0.15) is 4.73 Å². The number of fused-ring (bicyclic) bond motifs is 2. The molecular formula is C33H30N2O4. The predicted octanol–water partition coefficient (Wildman–Crippen LogP) is 5.35. The molecule has 196 valence electrons. The number of benzene rings is 3. The molecule has 0 radical (unpaired) electrons. The number of pyridine rings is 1. The molecule has 0 bridgehead atoms. The van der Waals surface area contributed by atoms with E-state index in [-0.39, 0.29) is 18.4 Å². The minimum atomic E-state index is -1.41. The number of hydrogen-bond acceptors (Lipinski definition) is 4. The molecule has 1 N–H and O–H groups in total. The number of aromatic nitrogens is 1. The fourth-order valence-corrected chi connectivity index (χ4v) is 5.62. The van der Waals surface area contributed by atoms with E-state index < -0.39 is 5.60 Å². The Morgan fingerprint density at radius 3 is 2.59 bits per heavy atom. The first-order chi connectivity index (χ1) is 18.8. The first kappa shape index (κ1) is 24.9. The Bertz CT molecular complexity index is 1660. The molecule has 3 heterocycles. The highest BCUT2D eigenvalue weighted by atomic mass is 16.5. The van der Waals surface area contributed by atoms with Crippen molar-refractivity contribution in [2.24, 2.45) is 0 Å². The van der Waals surface area contributed by atoms with Crippen molar-refractivity contribution >= 4 is 16.9 Å². The van der Waals surface area contributed by atoms with Crippen LogP contribution >= 0.6 is 0 Å². The van der Waals surface area contributed by atoms with E-state index in [0.29, 0.717) is 28.2 Å². The minimum absolute atomic E-state index is 0.0698. The van der Waals surface area contributed by atoms with Crippen molar-refractivity contribution in [3.8, 4) is 0 Å². The first-order valence-electron chi connectivity index (χ1n) is 13.2. The third-order valence-electron chi connectivity index (χ3n) is 7.74. The van der Waals surface area contributed by atoms with E-state index in [1.54, 1.807) is 25.1 Å². The van der Waals surface area contributed by atoms with Crippen LogP contribution in [0.1, 0.15) is 52.1 Å². The lowest BCUT2D eigenvalue weighted by Gasteiger charge is -2.38. The van der Waals surface area contributed by atoms with Crippen LogP contribution in [0, 0.1) is 12.1 Å². The summed E-state index contributed by atoms with van der Waals surface area (Å²) in [6.07, 6.45) is 3.79. The van der Waals surface area contributed by atoms with Crippen LogP contribution in [0.25, 0.3) is 11.0 Å². The Balaban J connectivity index is 1.28. The van der Waals surface area contributed by atoms with Crippen LogP contribution in [0.3, 0.4) is 0 Å². The molecule has 6 nitrogen and oxygen atoms in total. The van der Waals surface area contributed by atoms with Crippen LogP contribution in [0.15, 0.2) is 102 Å². The SMILES string of the molecule is Cc1ccc2c(c1)CCN(C(=O)Cc1ccc3oc(C(C)(O)c4cc[n+]([O-])cc4)cc3c1)C2c1ccccc1. The zero-order valence-corrected chi connectivity index (χ0v) is 22.0. The molecule has 6 heteroatoms. The highest BCUT2D eigenvalue weighted by Crippen LogP contribution is 2.37. The Labute approximate surface area is 227 Å². The van der Waals surface area contributed by atoms with Crippen molar-refractivity contribution in [3.05, 3.63) is 142 Å². The molecule has 1 amide bonds. The summed E-state index contributed by atoms with van der Waals surface area (Å²) in [5.74, 6) is 0.442. The number of nitrogens with zero attached hydrogens (tertiary/aromatic N) is 2. The van der Waals surface area contributed by atoms with Gasteiger partial charge in [0.05, 0.1) is 12.5 Å². The summed E-state index contributed by atoms with van der Waals surface area (Å²) in [7, 11) is 0. The van der Waals surface area contributed by atoms with Gasteiger partial charge in [0.25, 0.3) is 0 Å². The molecule has 2 unspecified atom stereocenters. The van der Waals surface area contributed by atoms with Gasteiger partial charge in [0, 0.05) is 29.6 Å². The summed E-state index contributed by atoms with van der Waals surface area (Å²) < 4.78 is 6.66. The molecule has 6 rings (SSSR count). The van der Waals surface area contributed by atoms with Crippen molar-refractivity contribution in [3.63, 3.8) is 0 Å². The van der Waals surface area contributed by atoms with Crippen LogP contribution in [0.2, 0.25) is 0 Å². The highest BCUT2D eigenvalue weighted by Gasteiger charge is 2.33. The molecule has 0 spiro atoms. The second-order valence-electron chi connectivity index (χ2n) is 10.5. The van der Waals surface area contributed by atoms with E-state index in [1.165, 1.54) is 29.1 Å². The molecule has 2 aromatic heterocycles. The Morgan fingerprint density at radius 1 is 1.05 bits per heavy atom. The van der Waals surface area contributed by atoms with Crippen LogP contribution in [0.5, 0.6) is 0 Å². The molecular weight excluding hydrogens is 488 g/mol. The average Bonchev–Trinajstić information content (AvgIpc) is 3.37. The number of rotatable bonds is 5. The third kappa shape index (κ3) is 4.68. The van der Waals surface area contributed by atoms with E-state index in [2.05, 4.69) is 37.3 Å². The molecule has 0 saturated heterocycles. The average molecular weight is 519 g/mol. The quantitative estimate of drug-likeness (QED) is 0.251. The summed E-state index contributed by atoms with van der Waals surface area (Å²) in [6, 6.07) is 27.3. The minimum Gasteiger partial charge on any atom is -0.619 e. The molecule has 3 aromatic carbocycles. The molecule has 39 heavy (non-hydrogen) atoms.